The van der Waals surface area contributed by atoms with Gasteiger partial charge >= 0.3 is 10.2 Å². The first-order chi connectivity index (χ1) is 18.3. The second kappa shape index (κ2) is 9.08. The van der Waals surface area contributed by atoms with Crippen molar-refractivity contribution in [1.82, 2.24) is 14.9 Å². The highest BCUT2D eigenvalue weighted by Crippen LogP contribution is 2.35. The summed E-state index contributed by atoms with van der Waals surface area (Å²) in [5.74, 6) is 0. The maximum absolute atomic E-state index is 14.0. The van der Waals surface area contributed by atoms with Crippen molar-refractivity contribution in [1.29, 1.82) is 5.26 Å². The number of rotatable bonds is 6. The Morgan fingerprint density at radius 2 is 1.92 bits per heavy atom. The molecular weight excluding hydrogens is 503 g/mol. The molecule has 1 aliphatic rings. The van der Waals surface area contributed by atoms with Crippen molar-refractivity contribution in [3.8, 4) is 17.2 Å². The molecule has 1 aliphatic heterocycles. The zero-order chi connectivity index (χ0) is 26.6. The van der Waals surface area contributed by atoms with Gasteiger partial charge in [-0.3, -0.25) is 4.79 Å². The lowest BCUT2D eigenvalue weighted by molar-refractivity contribution is 0.357. The molecule has 0 unspecified atom stereocenters. The molecule has 0 aliphatic carbocycles. The summed E-state index contributed by atoms with van der Waals surface area (Å²) in [5, 5.41) is 14.6. The molecule has 0 bridgehead atoms. The van der Waals surface area contributed by atoms with Gasteiger partial charge in [-0.2, -0.15) is 13.7 Å². The molecule has 7 nitrogen and oxygen atoms in total. The van der Waals surface area contributed by atoms with Gasteiger partial charge in [0.1, 0.15) is 5.65 Å². The summed E-state index contributed by atoms with van der Waals surface area (Å²) in [5.41, 5.74) is 4.81. The summed E-state index contributed by atoms with van der Waals surface area (Å²) >= 11 is 0. The Morgan fingerprint density at radius 3 is 2.61 bits per heavy atom. The molecule has 0 atom stereocenters. The summed E-state index contributed by atoms with van der Waals surface area (Å²) < 4.78 is 39.3. The quantitative estimate of drug-likeness (QED) is 0.290. The summed E-state index contributed by atoms with van der Waals surface area (Å²) in [6.07, 6.45) is 2.51. The largest absolute Gasteiger partial charge is 0.340 e. The maximum Gasteiger partial charge on any atom is 0.332 e. The first kappa shape index (κ1) is 24.3. The molecule has 2 aromatic heterocycles. The Balaban J connectivity index is 1.73. The predicted octanol–water partition coefficient (Wildman–Crippen LogP) is 5.32. The summed E-state index contributed by atoms with van der Waals surface area (Å²) in [4.78, 5) is 17.0. The van der Waals surface area contributed by atoms with Crippen LogP contribution in [-0.2, 0) is 16.6 Å². The molecule has 3 aromatic carbocycles. The molecule has 38 heavy (non-hydrogen) atoms. The van der Waals surface area contributed by atoms with Gasteiger partial charge in [0.2, 0.25) is 0 Å². The molecule has 1 fully saturated rings. The number of aryl methyl sites for hydroxylation is 1. The fraction of sp³-hybridized carbons (Fsp3) is 0.241. The maximum atomic E-state index is 14.0. The molecule has 192 valence electrons. The average molecular weight is 529 g/mol. The van der Waals surface area contributed by atoms with Gasteiger partial charge in [-0.05, 0) is 65.9 Å². The lowest BCUT2D eigenvalue weighted by Crippen LogP contribution is -2.44. The van der Waals surface area contributed by atoms with Gasteiger partial charge < -0.3 is 14.9 Å². The second-order valence-corrected chi connectivity index (χ2v) is 11.2. The van der Waals surface area contributed by atoms with E-state index >= 15 is 0 Å². The summed E-state index contributed by atoms with van der Waals surface area (Å²) in [6.45, 7) is 3.54. The molecule has 0 radical (unpaired) electrons. The van der Waals surface area contributed by atoms with Crippen molar-refractivity contribution >= 4 is 43.1 Å². The van der Waals surface area contributed by atoms with Crippen LogP contribution in [-0.4, -0.2) is 31.1 Å². The number of benzene rings is 3. The fourth-order valence-electron chi connectivity index (χ4n) is 5.43. The lowest BCUT2D eigenvalue weighted by atomic mass is 9.93. The van der Waals surface area contributed by atoms with E-state index in [9.17, 15) is 22.4 Å². The first-order valence-corrected chi connectivity index (χ1v) is 14.0. The normalized spacial score (nSPS) is 14.2. The van der Waals surface area contributed by atoms with Crippen LogP contribution in [0.3, 0.4) is 0 Å². The third-order valence-electron chi connectivity index (χ3n) is 7.45. The fourth-order valence-corrected chi connectivity index (χ4v) is 5.93. The third-order valence-corrected chi connectivity index (χ3v) is 8.27. The van der Waals surface area contributed by atoms with Crippen molar-refractivity contribution in [2.45, 2.75) is 37.1 Å². The van der Waals surface area contributed by atoms with Gasteiger partial charge in [-0.25, -0.2) is 0 Å². The zero-order valence-corrected chi connectivity index (χ0v) is 21.5. The Kier molecular flexibility index (Phi) is 5.82. The number of H-pyrrole nitrogens is 1. The number of unbranched alkanes of at least 4 members (excludes halogenated alkanes) is 1. The van der Waals surface area contributed by atoms with Gasteiger partial charge in [-0.1, -0.05) is 31.5 Å². The van der Waals surface area contributed by atoms with Crippen molar-refractivity contribution in [2.75, 3.05) is 13.1 Å². The number of hydrogen-bond donors (Lipinski definition) is 2. The highest BCUT2D eigenvalue weighted by Gasteiger charge is 2.26. The van der Waals surface area contributed by atoms with Crippen LogP contribution in [0.4, 0.5) is 3.89 Å². The molecule has 0 spiro atoms. The van der Waals surface area contributed by atoms with Crippen LogP contribution in [0.2, 0.25) is 0 Å². The van der Waals surface area contributed by atoms with Crippen LogP contribution in [0.25, 0.3) is 44.0 Å². The van der Waals surface area contributed by atoms with Crippen LogP contribution < -0.4 is 10.7 Å². The number of pyridine rings is 1. The van der Waals surface area contributed by atoms with E-state index < -0.39 is 15.1 Å². The average Bonchev–Trinajstić information content (AvgIpc) is 3.26. The van der Waals surface area contributed by atoms with Crippen molar-refractivity contribution in [2.24, 2.45) is 0 Å². The smallest absolute Gasteiger partial charge is 0.332 e. The molecule has 3 heterocycles. The molecule has 6 rings (SSSR count). The molecule has 5 aromatic rings. The predicted molar refractivity (Wildman–Crippen MR) is 147 cm³/mol. The number of aromatic nitrogens is 2. The number of nitriles is 1. The molecule has 1 saturated heterocycles. The van der Waals surface area contributed by atoms with Gasteiger partial charge in [0.25, 0.3) is 0 Å². The van der Waals surface area contributed by atoms with Gasteiger partial charge in [0.15, 0.2) is 5.43 Å². The molecule has 0 saturated carbocycles. The van der Waals surface area contributed by atoms with E-state index in [1.165, 1.54) is 18.2 Å². The van der Waals surface area contributed by atoms with E-state index in [4.69, 9.17) is 0 Å². The number of hydrogen-bond acceptors (Lipinski definition) is 5. The number of nitrogens with one attached hydrogen (secondary N) is 2. The zero-order valence-electron chi connectivity index (χ0n) is 20.7. The Labute approximate surface area is 218 Å². The van der Waals surface area contributed by atoms with E-state index in [-0.39, 0.29) is 11.5 Å². The lowest BCUT2D eigenvalue weighted by Gasteiger charge is -2.32. The summed E-state index contributed by atoms with van der Waals surface area (Å²) in [6, 6.07) is 17.3. The minimum Gasteiger partial charge on any atom is -0.340 e. The van der Waals surface area contributed by atoms with E-state index in [1.807, 2.05) is 18.2 Å². The van der Waals surface area contributed by atoms with Crippen LogP contribution in [0.1, 0.15) is 36.9 Å². The Bertz CT molecular complexity index is 1960. The minimum atomic E-state index is -4.87. The van der Waals surface area contributed by atoms with Crippen molar-refractivity contribution in [3.63, 3.8) is 0 Å². The highest BCUT2D eigenvalue weighted by atomic mass is 32.3. The number of aromatic amines is 1. The van der Waals surface area contributed by atoms with Gasteiger partial charge in [-0.15, -0.1) is 3.89 Å². The van der Waals surface area contributed by atoms with Crippen molar-refractivity contribution < 1.29 is 12.3 Å². The van der Waals surface area contributed by atoms with Gasteiger partial charge in [0.05, 0.1) is 33.5 Å². The second-order valence-electron chi connectivity index (χ2n) is 9.83. The van der Waals surface area contributed by atoms with Crippen LogP contribution in [0, 0.1) is 11.3 Å². The third kappa shape index (κ3) is 3.88. The van der Waals surface area contributed by atoms with Crippen LogP contribution in [0.5, 0.6) is 0 Å². The van der Waals surface area contributed by atoms with E-state index in [2.05, 4.69) is 27.9 Å². The topological polar surface area (TPSA) is 108 Å². The van der Waals surface area contributed by atoms with Crippen molar-refractivity contribution in [3.05, 3.63) is 75.9 Å². The molecular formula is C29H25FN4O3S. The Hall–Kier alpha value is -4.00. The Morgan fingerprint density at radius 1 is 1.11 bits per heavy atom. The molecule has 9 heteroatoms. The van der Waals surface area contributed by atoms with Crippen LogP contribution in [0.15, 0.2) is 64.3 Å². The van der Waals surface area contributed by atoms with E-state index in [0.29, 0.717) is 34.0 Å². The number of halogens is 1. The number of fused-ring (bicyclic) bond motifs is 4. The van der Waals surface area contributed by atoms with Gasteiger partial charge in [0, 0.05) is 29.4 Å². The minimum absolute atomic E-state index is 0.0935. The van der Waals surface area contributed by atoms with E-state index in [1.54, 1.807) is 18.2 Å². The first-order valence-electron chi connectivity index (χ1n) is 12.6. The SMILES string of the molecule is CCCCc1cc2c(=O)c3c4ccc(C#N)cc4[nH]c3n(C3CNC3)c2cc1-c1cccc(S(=O)(=O)F)c1. The summed E-state index contributed by atoms with van der Waals surface area (Å²) in [7, 11) is -4.87. The standard InChI is InChI=1S/C29H25FN4O3S/c1-2-3-5-19-12-24-26(13-23(19)18-6-4-7-21(11-18)38(30,36)37)34(20-15-32-16-20)29-27(28(24)35)22-9-8-17(14-31)10-25(22)33-29/h4,6-13,20,32-33H,2-3,5,15-16H2,1H3. The molecule has 0 amide bonds. The van der Waals surface area contributed by atoms with Crippen LogP contribution >= 0.6 is 0 Å². The monoisotopic (exact) mass is 528 g/mol. The van der Waals surface area contributed by atoms with E-state index in [0.717, 1.165) is 53.5 Å². The highest BCUT2D eigenvalue weighted by molar-refractivity contribution is 7.86. The molecule has 2 N–H and O–H groups in total. The number of nitrogens with zero attached hydrogens (tertiary/aromatic N) is 2.